The van der Waals surface area contributed by atoms with Gasteiger partial charge in [-0.15, -0.1) is 11.3 Å². The van der Waals surface area contributed by atoms with Crippen LogP contribution in [0.15, 0.2) is 65.9 Å². The highest BCUT2D eigenvalue weighted by Crippen LogP contribution is 2.36. The molecule has 0 unspecified atom stereocenters. The maximum atomic E-state index is 13.8. The number of imide groups is 1. The van der Waals surface area contributed by atoms with Crippen molar-refractivity contribution in [1.29, 1.82) is 0 Å². The summed E-state index contributed by atoms with van der Waals surface area (Å²) in [5, 5.41) is 1.82. The predicted octanol–water partition coefficient (Wildman–Crippen LogP) is 4.27. The van der Waals surface area contributed by atoms with E-state index in [1.807, 2.05) is 29.3 Å². The van der Waals surface area contributed by atoms with E-state index in [1.54, 1.807) is 24.5 Å². The molecule has 0 radical (unpaired) electrons. The second kappa shape index (κ2) is 8.77. The lowest BCUT2D eigenvalue weighted by atomic mass is 10.1. The molecule has 0 saturated carbocycles. The molecule has 2 amide bonds. The highest BCUT2D eigenvalue weighted by Gasteiger charge is 2.42. The highest BCUT2D eigenvalue weighted by molar-refractivity contribution is 7.11. The molecule has 2 aromatic heterocycles. The van der Waals surface area contributed by atoms with E-state index in [1.165, 1.54) is 17.4 Å². The number of hydrogen-bond acceptors (Lipinski definition) is 5. The van der Waals surface area contributed by atoms with Gasteiger partial charge in [0.1, 0.15) is 5.70 Å². The fourth-order valence-electron chi connectivity index (χ4n) is 3.55. The molecule has 5 nitrogen and oxygen atoms in total. The fourth-order valence-corrected chi connectivity index (χ4v) is 4.32. The zero-order valence-electron chi connectivity index (χ0n) is 16.7. The van der Waals surface area contributed by atoms with Gasteiger partial charge in [0.05, 0.1) is 11.3 Å². The smallest absolute Gasteiger partial charge is 0.282 e. The van der Waals surface area contributed by atoms with Gasteiger partial charge in [-0.05, 0) is 54.6 Å². The van der Waals surface area contributed by atoms with Crippen molar-refractivity contribution in [1.82, 2.24) is 9.88 Å². The molecule has 31 heavy (non-hydrogen) atoms. The summed E-state index contributed by atoms with van der Waals surface area (Å²) in [5.41, 5.74) is 1.61. The molecule has 1 aromatic carbocycles. The van der Waals surface area contributed by atoms with Gasteiger partial charge < -0.3 is 4.90 Å². The largest absolute Gasteiger partial charge is 0.366 e. The van der Waals surface area contributed by atoms with Crippen LogP contribution in [0.2, 0.25) is 0 Å². The molecule has 0 spiro atoms. The van der Waals surface area contributed by atoms with Crippen molar-refractivity contribution >= 4 is 34.4 Å². The Morgan fingerprint density at radius 3 is 2.45 bits per heavy atom. The minimum atomic E-state index is -1.12. The minimum absolute atomic E-state index is 0.00291. The summed E-state index contributed by atoms with van der Waals surface area (Å²) in [4.78, 5) is 34.2. The van der Waals surface area contributed by atoms with Crippen LogP contribution in [0.1, 0.15) is 17.4 Å². The second-order valence-corrected chi connectivity index (χ2v) is 7.88. The number of benzene rings is 1. The quantitative estimate of drug-likeness (QED) is 0.516. The van der Waals surface area contributed by atoms with E-state index in [2.05, 4.69) is 4.98 Å². The molecule has 0 bridgehead atoms. The molecule has 3 aromatic rings. The number of amides is 2. The third kappa shape index (κ3) is 3.98. The van der Waals surface area contributed by atoms with Gasteiger partial charge >= 0.3 is 0 Å². The van der Waals surface area contributed by atoms with E-state index in [-0.39, 0.29) is 17.0 Å². The lowest BCUT2D eigenvalue weighted by Crippen LogP contribution is -2.36. The molecule has 0 fully saturated rings. The third-order valence-electron chi connectivity index (χ3n) is 5.11. The summed E-state index contributed by atoms with van der Waals surface area (Å²) in [6.07, 6.45) is 4.07. The zero-order chi connectivity index (χ0) is 22.0. The van der Waals surface area contributed by atoms with Crippen LogP contribution < -0.4 is 4.90 Å². The third-order valence-corrected chi connectivity index (χ3v) is 5.99. The summed E-state index contributed by atoms with van der Waals surface area (Å²) < 4.78 is 27.3. The monoisotopic (exact) mass is 439 g/mol. The Hall–Kier alpha value is -3.39. The zero-order valence-corrected chi connectivity index (χ0v) is 17.5. The van der Waals surface area contributed by atoms with Crippen molar-refractivity contribution in [3.63, 3.8) is 0 Å². The van der Waals surface area contributed by atoms with Crippen molar-refractivity contribution in [3.8, 4) is 0 Å². The lowest BCUT2D eigenvalue weighted by Gasteiger charge is -2.24. The van der Waals surface area contributed by atoms with Crippen LogP contribution in [0, 0.1) is 11.6 Å². The minimum Gasteiger partial charge on any atom is -0.366 e. The SMILES string of the molecule is CCN(CCc1ccncc1)C1=C(c2cccs2)C(=O)N(c2ccc(F)c(F)c2)C1=O. The van der Waals surface area contributed by atoms with Crippen molar-refractivity contribution in [3.05, 3.63) is 88.0 Å². The number of anilines is 1. The molecule has 1 aliphatic rings. The molecule has 158 valence electrons. The number of hydrogen-bond donors (Lipinski definition) is 0. The summed E-state index contributed by atoms with van der Waals surface area (Å²) in [7, 11) is 0. The molecule has 4 rings (SSSR count). The number of pyridine rings is 1. The summed E-state index contributed by atoms with van der Waals surface area (Å²) in [6.45, 7) is 2.92. The van der Waals surface area contributed by atoms with Gasteiger partial charge in [-0.25, -0.2) is 13.7 Å². The standard InChI is InChI=1S/C23H19F2N3O2S/c1-2-27(12-9-15-7-10-26-11-8-15)21-20(19-4-3-13-31-19)22(29)28(23(21)30)16-5-6-17(24)18(25)14-16/h3-8,10-11,13-14H,2,9,12H2,1H3. The Labute approximate surface area is 182 Å². The molecular formula is C23H19F2N3O2S. The number of thiophene rings is 1. The molecular weight excluding hydrogens is 420 g/mol. The van der Waals surface area contributed by atoms with Gasteiger partial charge in [-0.3, -0.25) is 14.6 Å². The van der Waals surface area contributed by atoms with Crippen LogP contribution in [-0.2, 0) is 16.0 Å². The van der Waals surface area contributed by atoms with Gasteiger partial charge in [-0.2, -0.15) is 0 Å². The van der Waals surface area contributed by atoms with E-state index in [0.29, 0.717) is 24.4 Å². The van der Waals surface area contributed by atoms with Gasteiger partial charge in [0.2, 0.25) is 0 Å². The first kappa shape index (κ1) is 20.9. The van der Waals surface area contributed by atoms with Gasteiger partial charge in [0.25, 0.3) is 11.8 Å². The van der Waals surface area contributed by atoms with E-state index in [0.717, 1.165) is 22.6 Å². The van der Waals surface area contributed by atoms with Gasteiger partial charge in [-0.1, -0.05) is 6.07 Å². The van der Waals surface area contributed by atoms with Gasteiger partial charge in [0, 0.05) is 36.4 Å². The molecule has 8 heteroatoms. The number of halogens is 2. The van der Waals surface area contributed by atoms with Crippen LogP contribution in [-0.4, -0.2) is 34.8 Å². The van der Waals surface area contributed by atoms with Crippen LogP contribution in [0.3, 0.4) is 0 Å². The summed E-state index contributed by atoms with van der Waals surface area (Å²) in [5.74, 6) is -3.25. The second-order valence-electron chi connectivity index (χ2n) is 6.93. The van der Waals surface area contributed by atoms with E-state index < -0.39 is 23.4 Å². The Morgan fingerprint density at radius 2 is 1.81 bits per heavy atom. The van der Waals surface area contributed by atoms with Crippen LogP contribution in [0.5, 0.6) is 0 Å². The van der Waals surface area contributed by atoms with Crippen LogP contribution in [0.4, 0.5) is 14.5 Å². The maximum Gasteiger partial charge on any atom is 0.282 e. The molecule has 3 heterocycles. The average molecular weight is 439 g/mol. The van der Waals surface area contributed by atoms with Crippen LogP contribution in [0.25, 0.3) is 5.57 Å². The Balaban J connectivity index is 1.73. The molecule has 0 saturated heterocycles. The summed E-state index contributed by atoms with van der Waals surface area (Å²) in [6, 6.07) is 10.4. The summed E-state index contributed by atoms with van der Waals surface area (Å²) >= 11 is 1.35. The number of nitrogens with zero attached hydrogens (tertiary/aromatic N) is 3. The Kier molecular flexibility index (Phi) is 5.90. The molecule has 0 aliphatic carbocycles. The molecule has 0 N–H and O–H groups in total. The number of aromatic nitrogens is 1. The van der Waals surface area contributed by atoms with Crippen molar-refractivity contribution in [2.24, 2.45) is 0 Å². The number of carbonyl (C=O) groups excluding carboxylic acids is 2. The Morgan fingerprint density at radius 1 is 1.03 bits per heavy atom. The van der Waals surface area contributed by atoms with Gasteiger partial charge in [0.15, 0.2) is 11.6 Å². The topological polar surface area (TPSA) is 53.5 Å². The Bertz CT molecular complexity index is 1150. The van der Waals surface area contributed by atoms with Crippen LogP contribution >= 0.6 is 11.3 Å². The molecule has 0 atom stereocenters. The van der Waals surface area contributed by atoms with E-state index in [9.17, 15) is 18.4 Å². The fraction of sp³-hybridized carbons (Fsp3) is 0.174. The normalized spacial score (nSPS) is 14.0. The maximum absolute atomic E-state index is 13.8. The first-order valence-corrected chi connectivity index (χ1v) is 10.6. The van der Waals surface area contributed by atoms with E-state index >= 15 is 0 Å². The number of carbonyl (C=O) groups is 2. The first-order valence-electron chi connectivity index (χ1n) is 9.77. The highest BCUT2D eigenvalue weighted by atomic mass is 32.1. The van der Waals surface area contributed by atoms with Crippen molar-refractivity contribution in [2.75, 3.05) is 18.0 Å². The lowest BCUT2D eigenvalue weighted by molar-refractivity contribution is -0.120. The number of likely N-dealkylation sites (N-methyl/N-ethyl adjacent to an activating group) is 1. The van der Waals surface area contributed by atoms with Crippen molar-refractivity contribution in [2.45, 2.75) is 13.3 Å². The predicted molar refractivity (Wildman–Crippen MR) is 115 cm³/mol. The molecule has 1 aliphatic heterocycles. The van der Waals surface area contributed by atoms with Crippen molar-refractivity contribution < 1.29 is 18.4 Å². The first-order chi connectivity index (χ1) is 15.0. The van der Waals surface area contributed by atoms with E-state index in [4.69, 9.17) is 0 Å². The number of rotatable bonds is 7. The average Bonchev–Trinajstić information content (AvgIpc) is 3.38.